The third-order valence-corrected chi connectivity index (χ3v) is 3.93. The molecule has 0 spiro atoms. The summed E-state index contributed by atoms with van der Waals surface area (Å²) < 4.78 is 4.37. The van der Waals surface area contributed by atoms with Gasteiger partial charge in [-0.1, -0.05) is 26.8 Å². The van der Waals surface area contributed by atoms with Gasteiger partial charge in [-0.15, -0.1) is 11.3 Å². The van der Waals surface area contributed by atoms with Crippen LogP contribution in [-0.4, -0.2) is 15.9 Å². The van der Waals surface area contributed by atoms with E-state index in [2.05, 4.69) is 53.0 Å². The molecule has 17 heavy (non-hydrogen) atoms. The van der Waals surface area contributed by atoms with E-state index in [1.165, 1.54) is 16.4 Å². The quantitative estimate of drug-likeness (QED) is 0.920. The van der Waals surface area contributed by atoms with Gasteiger partial charge in [-0.3, -0.25) is 0 Å². The van der Waals surface area contributed by atoms with Crippen LogP contribution in [0.5, 0.6) is 0 Å². The lowest BCUT2D eigenvalue weighted by Crippen LogP contribution is -2.13. The summed E-state index contributed by atoms with van der Waals surface area (Å²) in [4.78, 5) is 5.90. The van der Waals surface area contributed by atoms with E-state index in [0.29, 0.717) is 0 Å². The van der Waals surface area contributed by atoms with Gasteiger partial charge < -0.3 is 5.32 Å². The van der Waals surface area contributed by atoms with Gasteiger partial charge in [0, 0.05) is 28.4 Å². The summed E-state index contributed by atoms with van der Waals surface area (Å²) in [7, 11) is 0. The van der Waals surface area contributed by atoms with Crippen LogP contribution >= 0.6 is 22.9 Å². The molecule has 2 rings (SSSR count). The van der Waals surface area contributed by atoms with E-state index in [9.17, 15) is 0 Å². The molecule has 0 aliphatic carbocycles. The molecule has 1 N–H and O–H groups in total. The summed E-state index contributed by atoms with van der Waals surface area (Å²) in [5.41, 5.74) is 0.0319. The smallest absolute Gasteiger partial charge is 0.202 e. The number of hydrogen-bond donors (Lipinski definition) is 1. The average molecular weight is 267 g/mol. The number of nitrogens with one attached hydrogen (secondary N) is 1. The fraction of sp³-hybridized carbons (Fsp3) is 0.500. The highest BCUT2D eigenvalue weighted by atomic mass is 32.1. The molecule has 0 aliphatic rings. The van der Waals surface area contributed by atoms with Crippen molar-refractivity contribution in [2.75, 3.05) is 11.9 Å². The van der Waals surface area contributed by atoms with Crippen LogP contribution in [0.1, 0.15) is 31.5 Å². The van der Waals surface area contributed by atoms with Crippen molar-refractivity contribution in [2.24, 2.45) is 0 Å². The molecule has 5 heteroatoms. The molecule has 0 radical (unpaired) electrons. The molecule has 0 amide bonds. The lowest BCUT2D eigenvalue weighted by molar-refractivity contribution is 0.555. The first-order chi connectivity index (χ1) is 8.05. The lowest BCUT2D eigenvalue weighted by Gasteiger charge is -2.12. The molecule has 0 atom stereocenters. The van der Waals surface area contributed by atoms with Gasteiger partial charge in [0.05, 0.1) is 0 Å². The SMILES string of the molecule is CC(C)(C)c1nsc(NCCc2cccs2)n1. The van der Waals surface area contributed by atoms with Gasteiger partial charge in [-0.25, -0.2) is 4.98 Å². The highest BCUT2D eigenvalue weighted by Gasteiger charge is 2.19. The van der Waals surface area contributed by atoms with Crippen molar-refractivity contribution >= 4 is 28.0 Å². The zero-order chi connectivity index (χ0) is 12.3. The summed E-state index contributed by atoms with van der Waals surface area (Å²) in [5.74, 6) is 0.918. The summed E-state index contributed by atoms with van der Waals surface area (Å²) >= 11 is 3.24. The first-order valence-corrected chi connectivity index (χ1v) is 7.31. The maximum absolute atomic E-state index is 4.50. The molecule has 2 heterocycles. The van der Waals surface area contributed by atoms with Crippen LogP contribution in [0.15, 0.2) is 17.5 Å². The Morgan fingerprint density at radius 1 is 1.35 bits per heavy atom. The molecule has 2 aromatic rings. The fourth-order valence-electron chi connectivity index (χ4n) is 1.35. The Balaban J connectivity index is 1.85. The summed E-state index contributed by atoms with van der Waals surface area (Å²) in [5, 5.41) is 6.36. The van der Waals surface area contributed by atoms with Crippen molar-refractivity contribution in [1.29, 1.82) is 0 Å². The zero-order valence-corrected chi connectivity index (χ0v) is 12.0. The van der Waals surface area contributed by atoms with Crippen LogP contribution in [0.4, 0.5) is 5.13 Å². The van der Waals surface area contributed by atoms with E-state index in [0.717, 1.165) is 23.9 Å². The van der Waals surface area contributed by atoms with Crippen molar-refractivity contribution in [3.05, 3.63) is 28.2 Å². The molecular weight excluding hydrogens is 250 g/mol. The van der Waals surface area contributed by atoms with Crippen LogP contribution in [0.3, 0.4) is 0 Å². The van der Waals surface area contributed by atoms with E-state index in [-0.39, 0.29) is 5.41 Å². The Bertz CT molecular complexity index is 454. The van der Waals surface area contributed by atoms with Crippen LogP contribution in [0.25, 0.3) is 0 Å². The Labute approximate surface area is 110 Å². The van der Waals surface area contributed by atoms with Crippen LogP contribution in [0, 0.1) is 0 Å². The standard InChI is InChI=1S/C12H17N3S2/c1-12(2,3)10-14-11(17-15-10)13-7-6-9-5-4-8-16-9/h4-5,8H,6-7H2,1-3H3,(H,13,14,15). The largest absolute Gasteiger partial charge is 0.360 e. The summed E-state index contributed by atoms with van der Waals surface area (Å²) in [6.07, 6.45) is 1.04. The van der Waals surface area contributed by atoms with Crippen LogP contribution in [-0.2, 0) is 11.8 Å². The van der Waals surface area contributed by atoms with Crippen LogP contribution in [0.2, 0.25) is 0 Å². The van der Waals surface area contributed by atoms with Gasteiger partial charge >= 0.3 is 0 Å². The molecule has 0 saturated heterocycles. The minimum absolute atomic E-state index is 0.0319. The Kier molecular flexibility index (Phi) is 3.79. The molecule has 0 unspecified atom stereocenters. The maximum Gasteiger partial charge on any atom is 0.202 e. The van der Waals surface area contributed by atoms with E-state index < -0.39 is 0 Å². The van der Waals surface area contributed by atoms with Gasteiger partial charge in [-0.05, 0) is 17.9 Å². The molecule has 92 valence electrons. The van der Waals surface area contributed by atoms with E-state index in [1.54, 1.807) is 11.3 Å². The van der Waals surface area contributed by atoms with Crippen molar-refractivity contribution in [3.63, 3.8) is 0 Å². The molecule has 2 aromatic heterocycles. The Morgan fingerprint density at radius 2 is 2.18 bits per heavy atom. The monoisotopic (exact) mass is 267 g/mol. The molecule has 0 fully saturated rings. The second kappa shape index (κ2) is 5.14. The molecule has 0 bridgehead atoms. The number of nitrogens with zero attached hydrogens (tertiary/aromatic N) is 2. The predicted octanol–water partition coefficient (Wildman–Crippen LogP) is 3.55. The summed E-state index contributed by atoms with van der Waals surface area (Å²) in [6.45, 7) is 7.30. The number of aromatic nitrogens is 2. The fourth-order valence-corrected chi connectivity index (χ4v) is 2.84. The molecular formula is C12H17N3S2. The third kappa shape index (κ3) is 3.51. The van der Waals surface area contributed by atoms with Gasteiger partial charge in [0.1, 0.15) is 5.82 Å². The maximum atomic E-state index is 4.50. The summed E-state index contributed by atoms with van der Waals surface area (Å²) in [6, 6.07) is 4.25. The highest BCUT2D eigenvalue weighted by molar-refractivity contribution is 7.10. The molecule has 0 aliphatic heterocycles. The average Bonchev–Trinajstić information content (AvgIpc) is 2.86. The van der Waals surface area contributed by atoms with Gasteiger partial charge in [-0.2, -0.15) is 4.37 Å². The Morgan fingerprint density at radius 3 is 2.76 bits per heavy atom. The van der Waals surface area contributed by atoms with Crippen molar-refractivity contribution < 1.29 is 0 Å². The predicted molar refractivity (Wildman–Crippen MR) is 75.1 cm³/mol. The highest BCUT2D eigenvalue weighted by Crippen LogP contribution is 2.22. The number of anilines is 1. The van der Waals surface area contributed by atoms with Gasteiger partial charge in [0.2, 0.25) is 5.13 Å². The molecule has 0 aromatic carbocycles. The minimum Gasteiger partial charge on any atom is -0.360 e. The lowest BCUT2D eigenvalue weighted by atomic mass is 9.96. The second-order valence-corrected chi connectivity index (χ2v) is 6.71. The van der Waals surface area contributed by atoms with Crippen molar-refractivity contribution in [1.82, 2.24) is 9.36 Å². The first kappa shape index (κ1) is 12.5. The second-order valence-electron chi connectivity index (χ2n) is 4.93. The third-order valence-electron chi connectivity index (χ3n) is 2.32. The van der Waals surface area contributed by atoms with E-state index >= 15 is 0 Å². The number of rotatable bonds is 4. The molecule has 3 nitrogen and oxygen atoms in total. The number of thiophene rings is 1. The van der Waals surface area contributed by atoms with E-state index in [1.807, 2.05) is 0 Å². The zero-order valence-electron chi connectivity index (χ0n) is 10.4. The first-order valence-electron chi connectivity index (χ1n) is 5.66. The van der Waals surface area contributed by atoms with Gasteiger partial charge in [0.25, 0.3) is 0 Å². The molecule has 0 saturated carbocycles. The minimum atomic E-state index is 0.0319. The number of hydrogen-bond acceptors (Lipinski definition) is 5. The normalized spacial score (nSPS) is 11.7. The topological polar surface area (TPSA) is 37.8 Å². The Hall–Kier alpha value is -0.940. The van der Waals surface area contributed by atoms with Crippen LogP contribution < -0.4 is 5.32 Å². The van der Waals surface area contributed by atoms with E-state index in [4.69, 9.17) is 0 Å². The van der Waals surface area contributed by atoms with Crippen molar-refractivity contribution in [2.45, 2.75) is 32.6 Å². The van der Waals surface area contributed by atoms with Crippen molar-refractivity contribution in [3.8, 4) is 0 Å². The van der Waals surface area contributed by atoms with Gasteiger partial charge in [0.15, 0.2) is 0 Å².